The SMILES string of the molecule is CC(C)(C)OC(=O)NC1CCCN(C(C(=O)O)c2ccncc2)C1. The second kappa shape index (κ2) is 7.61. The molecule has 0 aliphatic carbocycles. The van der Waals surface area contributed by atoms with Crippen molar-refractivity contribution in [1.29, 1.82) is 0 Å². The van der Waals surface area contributed by atoms with Gasteiger partial charge in [0.05, 0.1) is 0 Å². The molecule has 1 aromatic heterocycles. The summed E-state index contributed by atoms with van der Waals surface area (Å²) in [4.78, 5) is 29.5. The highest BCUT2D eigenvalue weighted by Crippen LogP contribution is 2.25. The molecule has 1 amide bonds. The number of alkyl carbamates (subject to hydrolysis) is 1. The van der Waals surface area contributed by atoms with Gasteiger partial charge in [-0.3, -0.25) is 14.7 Å². The van der Waals surface area contributed by atoms with E-state index in [2.05, 4.69) is 10.3 Å². The molecule has 2 unspecified atom stereocenters. The van der Waals surface area contributed by atoms with Crippen molar-refractivity contribution in [3.8, 4) is 0 Å². The van der Waals surface area contributed by atoms with Gasteiger partial charge in [-0.25, -0.2) is 4.79 Å². The minimum atomic E-state index is -0.904. The summed E-state index contributed by atoms with van der Waals surface area (Å²) in [6, 6.07) is 2.56. The van der Waals surface area contributed by atoms with Gasteiger partial charge in [-0.1, -0.05) is 0 Å². The highest BCUT2D eigenvalue weighted by Gasteiger charge is 2.32. The number of carbonyl (C=O) groups excluding carboxylic acids is 1. The number of ether oxygens (including phenoxy) is 1. The lowest BCUT2D eigenvalue weighted by atomic mass is 10.00. The molecule has 1 aromatic rings. The number of carboxylic acid groups (broad SMARTS) is 1. The topological polar surface area (TPSA) is 91.8 Å². The second-order valence-corrected chi connectivity index (χ2v) is 7.00. The lowest BCUT2D eigenvalue weighted by Gasteiger charge is -2.37. The van der Waals surface area contributed by atoms with Crippen LogP contribution in [-0.2, 0) is 9.53 Å². The van der Waals surface area contributed by atoms with E-state index in [1.165, 1.54) is 0 Å². The summed E-state index contributed by atoms with van der Waals surface area (Å²) in [5.74, 6) is -0.904. The van der Waals surface area contributed by atoms with Crippen LogP contribution < -0.4 is 5.32 Å². The largest absolute Gasteiger partial charge is 0.480 e. The first kappa shape index (κ1) is 18.2. The minimum absolute atomic E-state index is 0.128. The molecule has 7 nitrogen and oxygen atoms in total. The quantitative estimate of drug-likeness (QED) is 0.876. The maximum Gasteiger partial charge on any atom is 0.407 e. The van der Waals surface area contributed by atoms with E-state index < -0.39 is 23.7 Å². The van der Waals surface area contributed by atoms with Gasteiger partial charge in [0.25, 0.3) is 0 Å². The van der Waals surface area contributed by atoms with Crippen LogP contribution in [0.3, 0.4) is 0 Å². The van der Waals surface area contributed by atoms with Crippen LogP contribution in [0.1, 0.15) is 45.2 Å². The van der Waals surface area contributed by atoms with E-state index in [-0.39, 0.29) is 6.04 Å². The van der Waals surface area contributed by atoms with Crippen molar-refractivity contribution in [3.63, 3.8) is 0 Å². The third-order valence-corrected chi connectivity index (χ3v) is 3.79. The van der Waals surface area contributed by atoms with Crippen molar-refractivity contribution in [1.82, 2.24) is 15.2 Å². The van der Waals surface area contributed by atoms with E-state index in [1.54, 1.807) is 24.5 Å². The Hall–Kier alpha value is -2.15. The number of carboxylic acids is 1. The summed E-state index contributed by atoms with van der Waals surface area (Å²) in [5, 5.41) is 12.5. The van der Waals surface area contributed by atoms with Crippen LogP contribution in [0.25, 0.3) is 0 Å². The number of aromatic nitrogens is 1. The Morgan fingerprint density at radius 1 is 1.38 bits per heavy atom. The average molecular weight is 335 g/mol. The number of pyridine rings is 1. The van der Waals surface area contributed by atoms with Crippen molar-refractivity contribution in [2.75, 3.05) is 13.1 Å². The number of aliphatic carboxylic acids is 1. The number of amides is 1. The maximum absolute atomic E-state index is 11.9. The number of rotatable bonds is 4. The molecule has 2 rings (SSSR count). The fraction of sp³-hybridized carbons (Fsp3) is 0.588. The zero-order valence-electron chi connectivity index (χ0n) is 14.4. The van der Waals surface area contributed by atoms with E-state index in [1.807, 2.05) is 25.7 Å². The molecule has 2 N–H and O–H groups in total. The normalized spacial score (nSPS) is 20.2. The lowest BCUT2D eigenvalue weighted by Crippen LogP contribution is -2.50. The van der Waals surface area contributed by atoms with Crippen LogP contribution in [0.15, 0.2) is 24.5 Å². The Balaban J connectivity index is 2.03. The van der Waals surface area contributed by atoms with Gasteiger partial charge < -0.3 is 15.2 Å². The van der Waals surface area contributed by atoms with Gasteiger partial charge in [0.1, 0.15) is 11.6 Å². The third kappa shape index (κ3) is 5.19. The second-order valence-electron chi connectivity index (χ2n) is 7.00. The zero-order chi connectivity index (χ0) is 17.7. The van der Waals surface area contributed by atoms with E-state index in [4.69, 9.17) is 4.74 Å². The summed E-state index contributed by atoms with van der Waals surface area (Å²) in [5.41, 5.74) is 0.134. The molecule has 7 heteroatoms. The van der Waals surface area contributed by atoms with Crippen molar-refractivity contribution in [2.24, 2.45) is 0 Å². The lowest BCUT2D eigenvalue weighted by molar-refractivity contribution is -0.144. The van der Waals surface area contributed by atoms with Crippen LogP contribution in [0, 0.1) is 0 Å². The van der Waals surface area contributed by atoms with Gasteiger partial charge in [0.15, 0.2) is 0 Å². The highest BCUT2D eigenvalue weighted by atomic mass is 16.6. The molecule has 2 atom stereocenters. The maximum atomic E-state index is 11.9. The fourth-order valence-electron chi connectivity index (χ4n) is 2.89. The van der Waals surface area contributed by atoms with Gasteiger partial charge in [0.2, 0.25) is 0 Å². The third-order valence-electron chi connectivity index (χ3n) is 3.79. The van der Waals surface area contributed by atoms with Crippen molar-refractivity contribution < 1.29 is 19.4 Å². The van der Waals surface area contributed by atoms with E-state index in [0.29, 0.717) is 18.7 Å². The number of nitrogens with one attached hydrogen (secondary N) is 1. The number of piperidine rings is 1. The standard InChI is InChI=1S/C17H25N3O4/c1-17(2,3)24-16(23)19-13-5-4-10-20(11-13)14(15(21)22)12-6-8-18-9-7-12/h6-9,13-14H,4-5,10-11H2,1-3H3,(H,19,23)(H,21,22). The smallest absolute Gasteiger partial charge is 0.407 e. The Labute approximate surface area is 142 Å². The molecule has 132 valence electrons. The first-order valence-corrected chi connectivity index (χ1v) is 8.12. The zero-order valence-corrected chi connectivity index (χ0v) is 14.4. The fourth-order valence-corrected chi connectivity index (χ4v) is 2.89. The van der Waals surface area contributed by atoms with E-state index in [9.17, 15) is 14.7 Å². The molecule has 24 heavy (non-hydrogen) atoms. The molecular weight excluding hydrogens is 310 g/mol. The molecule has 0 spiro atoms. The highest BCUT2D eigenvalue weighted by molar-refractivity contribution is 5.75. The van der Waals surface area contributed by atoms with Crippen molar-refractivity contribution in [3.05, 3.63) is 30.1 Å². The molecule has 0 saturated carbocycles. The van der Waals surface area contributed by atoms with Crippen LogP contribution >= 0.6 is 0 Å². The minimum Gasteiger partial charge on any atom is -0.480 e. The van der Waals surface area contributed by atoms with E-state index in [0.717, 1.165) is 12.8 Å². The number of nitrogens with zero attached hydrogens (tertiary/aromatic N) is 2. The molecule has 0 radical (unpaired) electrons. The Morgan fingerprint density at radius 3 is 2.62 bits per heavy atom. The number of carbonyl (C=O) groups is 2. The number of hydrogen-bond donors (Lipinski definition) is 2. The number of hydrogen-bond acceptors (Lipinski definition) is 5. The molecule has 1 aliphatic rings. The van der Waals surface area contributed by atoms with Crippen LogP contribution in [0.2, 0.25) is 0 Å². The Bertz CT molecular complexity index is 571. The van der Waals surface area contributed by atoms with Crippen LogP contribution in [0.5, 0.6) is 0 Å². The molecule has 1 saturated heterocycles. The van der Waals surface area contributed by atoms with Gasteiger partial charge in [0, 0.05) is 25.0 Å². The summed E-state index contributed by atoms with van der Waals surface area (Å²) < 4.78 is 5.28. The van der Waals surface area contributed by atoms with Crippen molar-refractivity contribution >= 4 is 12.1 Å². The summed E-state index contributed by atoms with van der Waals surface area (Å²) in [7, 11) is 0. The summed E-state index contributed by atoms with van der Waals surface area (Å²) >= 11 is 0. The monoisotopic (exact) mass is 335 g/mol. The molecule has 0 aromatic carbocycles. The van der Waals surface area contributed by atoms with Gasteiger partial charge in [-0.2, -0.15) is 0 Å². The first-order chi connectivity index (χ1) is 11.3. The van der Waals surface area contributed by atoms with Crippen molar-refractivity contribution in [2.45, 2.75) is 51.3 Å². The van der Waals surface area contributed by atoms with Gasteiger partial charge in [-0.15, -0.1) is 0 Å². The first-order valence-electron chi connectivity index (χ1n) is 8.12. The van der Waals surface area contributed by atoms with E-state index >= 15 is 0 Å². The Kier molecular flexibility index (Phi) is 5.77. The molecule has 2 heterocycles. The predicted octanol–water partition coefficient (Wildman–Crippen LogP) is 2.20. The molecule has 1 aliphatic heterocycles. The average Bonchev–Trinajstić information content (AvgIpc) is 2.46. The van der Waals surface area contributed by atoms with Gasteiger partial charge in [-0.05, 0) is 57.9 Å². The molecule has 0 bridgehead atoms. The van der Waals surface area contributed by atoms with Crippen LogP contribution in [-0.4, -0.2) is 51.8 Å². The molecule has 1 fully saturated rings. The Morgan fingerprint density at radius 2 is 2.04 bits per heavy atom. The molecular formula is C17H25N3O4. The number of likely N-dealkylation sites (tertiary alicyclic amines) is 1. The van der Waals surface area contributed by atoms with Crippen LogP contribution in [0.4, 0.5) is 4.79 Å². The summed E-state index contributed by atoms with van der Waals surface area (Å²) in [6.07, 6.45) is 4.33. The van der Waals surface area contributed by atoms with Gasteiger partial charge >= 0.3 is 12.1 Å². The predicted molar refractivity (Wildman–Crippen MR) is 88.6 cm³/mol. The summed E-state index contributed by atoms with van der Waals surface area (Å²) in [6.45, 7) is 6.57.